The molecule has 3 aromatic rings. The number of ketones is 1. The summed E-state index contributed by atoms with van der Waals surface area (Å²) < 4.78 is 16.6. The van der Waals surface area contributed by atoms with Crippen LogP contribution in [0.1, 0.15) is 58.2 Å². The molecule has 0 atom stereocenters. The van der Waals surface area contributed by atoms with E-state index >= 15 is 0 Å². The molecule has 0 N–H and O–H groups in total. The van der Waals surface area contributed by atoms with Crippen LogP contribution < -0.4 is 14.2 Å². The fraction of sp³-hybridized carbons (Fsp3) is 0.214. The highest BCUT2D eigenvalue weighted by atomic mass is 16.5. The molecular weight excluding hydrogens is 416 g/mol. The van der Waals surface area contributed by atoms with Crippen molar-refractivity contribution in [2.45, 2.75) is 33.1 Å². The molecule has 0 fully saturated rings. The van der Waals surface area contributed by atoms with E-state index in [-0.39, 0.29) is 17.0 Å². The predicted octanol–water partition coefficient (Wildman–Crippen LogP) is 6.14. The van der Waals surface area contributed by atoms with Crippen molar-refractivity contribution in [3.63, 3.8) is 0 Å². The quantitative estimate of drug-likeness (QED) is 0.276. The minimum absolute atomic E-state index is 0.0530. The van der Waals surface area contributed by atoms with Crippen LogP contribution in [0.15, 0.2) is 66.4 Å². The number of aryl methyl sites for hydroxylation is 1. The lowest BCUT2D eigenvalue weighted by Gasteiger charge is -2.18. The molecule has 0 saturated heterocycles. The maximum Gasteiger partial charge on any atom is 0.343 e. The third-order valence-electron chi connectivity index (χ3n) is 5.53. The Morgan fingerprint density at radius 1 is 0.970 bits per heavy atom. The summed E-state index contributed by atoms with van der Waals surface area (Å²) in [5.74, 6) is 0.788. The monoisotopic (exact) mass is 442 g/mol. The molecule has 5 nitrogen and oxygen atoms in total. The second kappa shape index (κ2) is 8.58. The van der Waals surface area contributed by atoms with Crippen molar-refractivity contribution in [1.82, 2.24) is 0 Å². The van der Waals surface area contributed by atoms with Crippen LogP contribution in [-0.4, -0.2) is 18.9 Å². The van der Waals surface area contributed by atoms with Crippen molar-refractivity contribution in [3.05, 3.63) is 94.2 Å². The van der Waals surface area contributed by atoms with Gasteiger partial charge in [0.05, 0.1) is 18.2 Å². The van der Waals surface area contributed by atoms with Crippen molar-refractivity contribution in [1.29, 1.82) is 0 Å². The van der Waals surface area contributed by atoms with E-state index < -0.39 is 5.97 Å². The maximum atomic E-state index is 13.0. The smallest absolute Gasteiger partial charge is 0.343 e. The number of ether oxygens (including phenoxy) is 3. The van der Waals surface area contributed by atoms with Gasteiger partial charge in [0, 0.05) is 6.07 Å². The number of hydrogen-bond acceptors (Lipinski definition) is 5. The third-order valence-corrected chi connectivity index (χ3v) is 5.53. The van der Waals surface area contributed by atoms with Crippen LogP contribution in [0.4, 0.5) is 0 Å². The number of allylic oxidation sites excluding steroid dienone is 1. The second-order valence-electron chi connectivity index (χ2n) is 9.05. The normalized spacial score (nSPS) is 14.1. The van der Waals surface area contributed by atoms with E-state index in [0.717, 1.165) is 5.56 Å². The van der Waals surface area contributed by atoms with Gasteiger partial charge in [0.15, 0.2) is 5.76 Å². The van der Waals surface area contributed by atoms with Crippen molar-refractivity contribution in [3.8, 4) is 17.2 Å². The molecule has 0 aromatic heterocycles. The lowest BCUT2D eigenvalue weighted by molar-refractivity contribution is 0.0734. The first-order valence-electron chi connectivity index (χ1n) is 10.7. The number of hydrogen-bond donors (Lipinski definition) is 0. The summed E-state index contributed by atoms with van der Waals surface area (Å²) in [6, 6.07) is 18.0. The van der Waals surface area contributed by atoms with Gasteiger partial charge in [-0.15, -0.1) is 0 Å². The van der Waals surface area contributed by atoms with Crippen LogP contribution in [0.3, 0.4) is 0 Å². The highest BCUT2D eigenvalue weighted by Gasteiger charge is 2.30. The predicted molar refractivity (Wildman–Crippen MR) is 127 cm³/mol. The van der Waals surface area contributed by atoms with E-state index in [4.69, 9.17) is 14.2 Å². The average Bonchev–Trinajstić information content (AvgIpc) is 3.08. The van der Waals surface area contributed by atoms with E-state index in [9.17, 15) is 9.59 Å². The number of esters is 1. The molecule has 33 heavy (non-hydrogen) atoms. The van der Waals surface area contributed by atoms with Gasteiger partial charge in [-0.05, 0) is 59.4 Å². The molecule has 1 heterocycles. The Balaban J connectivity index is 1.57. The van der Waals surface area contributed by atoms with Crippen LogP contribution in [-0.2, 0) is 5.41 Å². The molecular formula is C28H26O5. The lowest BCUT2D eigenvalue weighted by atomic mass is 9.86. The Hall–Kier alpha value is -3.86. The Kier molecular flexibility index (Phi) is 5.81. The SMILES string of the molecule is COc1cccc(C(=O)Oc2cc(C)c3c(c2)O/C(=C\c2ccc(C(C)(C)C)cc2)C3=O)c1. The molecule has 1 aliphatic heterocycles. The van der Waals surface area contributed by atoms with E-state index in [1.807, 2.05) is 12.1 Å². The molecule has 0 unspecified atom stereocenters. The second-order valence-corrected chi connectivity index (χ2v) is 9.05. The van der Waals surface area contributed by atoms with Crippen molar-refractivity contribution in [2.24, 2.45) is 0 Å². The maximum absolute atomic E-state index is 13.0. The fourth-order valence-electron chi connectivity index (χ4n) is 3.68. The Morgan fingerprint density at radius 2 is 1.70 bits per heavy atom. The van der Waals surface area contributed by atoms with Crippen molar-refractivity contribution >= 4 is 17.8 Å². The molecule has 1 aliphatic rings. The number of benzene rings is 3. The molecule has 0 radical (unpaired) electrons. The number of fused-ring (bicyclic) bond motifs is 1. The van der Waals surface area contributed by atoms with Crippen LogP contribution in [0.25, 0.3) is 6.08 Å². The van der Waals surface area contributed by atoms with Crippen molar-refractivity contribution in [2.75, 3.05) is 7.11 Å². The van der Waals surface area contributed by atoms with E-state index in [1.54, 1.807) is 49.4 Å². The highest BCUT2D eigenvalue weighted by molar-refractivity contribution is 6.15. The van der Waals surface area contributed by atoms with E-state index in [0.29, 0.717) is 33.9 Å². The zero-order chi connectivity index (χ0) is 23.8. The number of Topliss-reactive ketones (excluding diaryl/α,β-unsaturated/α-hetero) is 1. The van der Waals surface area contributed by atoms with Gasteiger partial charge in [-0.3, -0.25) is 4.79 Å². The zero-order valence-corrected chi connectivity index (χ0v) is 19.4. The van der Waals surface area contributed by atoms with Gasteiger partial charge in [-0.1, -0.05) is 51.1 Å². The van der Waals surface area contributed by atoms with Gasteiger partial charge in [-0.25, -0.2) is 4.79 Å². The number of carbonyl (C=O) groups excluding carboxylic acids is 2. The molecule has 5 heteroatoms. The van der Waals surface area contributed by atoms with E-state index in [1.165, 1.54) is 12.7 Å². The summed E-state index contributed by atoms with van der Waals surface area (Å²) >= 11 is 0. The number of carbonyl (C=O) groups is 2. The topological polar surface area (TPSA) is 61.8 Å². The summed E-state index contributed by atoms with van der Waals surface area (Å²) in [5, 5.41) is 0. The van der Waals surface area contributed by atoms with Gasteiger partial charge in [0.25, 0.3) is 0 Å². The van der Waals surface area contributed by atoms with E-state index in [2.05, 4.69) is 32.9 Å². The molecule has 0 aliphatic carbocycles. The minimum Gasteiger partial charge on any atom is -0.497 e. The highest BCUT2D eigenvalue weighted by Crippen LogP contribution is 2.38. The van der Waals surface area contributed by atoms with Gasteiger partial charge < -0.3 is 14.2 Å². The van der Waals surface area contributed by atoms with Gasteiger partial charge >= 0.3 is 5.97 Å². The minimum atomic E-state index is -0.521. The first kappa shape index (κ1) is 22.3. The van der Waals surface area contributed by atoms with Crippen LogP contribution in [0.2, 0.25) is 0 Å². The van der Waals surface area contributed by atoms with Crippen molar-refractivity contribution < 1.29 is 23.8 Å². The molecule has 4 rings (SSSR count). The first-order chi connectivity index (χ1) is 15.7. The fourth-order valence-corrected chi connectivity index (χ4v) is 3.68. The molecule has 0 bridgehead atoms. The summed E-state index contributed by atoms with van der Waals surface area (Å²) in [6.45, 7) is 8.26. The number of rotatable bonds is 4. The Labute approximate surface area is 193 Å². The third kappa shape index (κ3) is 4.67. The lowest BCUT2D eigenvalue weighted by Crippen LogP contribution is -2.10. The molecule has 3 aromatic carbocycles. The van der Waals surface area contributed by atoms with Gasteiger partial charge in [-0.2, -0.15) is 0 Å². The Bertz CT molecular complexity index is 1260. The zero-order valence-electron chi connectivity index (χ0n) is 19.4. The molecule has 0 amide bonds. The molecule has 0 saturated carbocycles. The van der Waals surface area contributed by atoms with Crippen LogP contribution in [0, 0.1) is 6.92 Å². The summed E-state index contributed by atoms with van der Waals surface area (Å²) in [5.41, 5.74) is 3.67. The summed E-state index contributed by atoms with van der Waals surface area (Å²) in [6.07, 6.45) is 1.73. The summed E-state index contributed by atoms with van der Waals surface area (Å²) in [4.78, 5) is 25.5. The Morgan fingerprint density at radius 3 is 2.36 bits per heavy atom. The first-order valence-corrected chi connectivity index (χ1v) is 10.7. The summed E-state index contributed by atoms with van der Waals surface area (Å²) in [7, 11) is 1.53. The largest absolute Gasteiger partial charge is 0.497 e. The molecule has 168 valence electrons. The van der Waals surface area contributed by atoms with Gasteiger partial charge in [0.1, 0.15) is 17.2 Å². The number of methoxy groups -OCH3 is 1. The van der Waals surface area contributed by atoms with Crippen LogP contribution >= 0.6 is 0 Å². The standard InChI is InChI=1S/C28H26O5/c1-17-13-22(32-27(30)19-7-6-8-21(15-19)31-5)16-23-25(17)26(29)24(33-23)14-18-9-11-20(12-10-18)28(2,3)4/h6-16H,1-5H3/b24-14-. The van der Waals surface area contributed by atoms with Crippen LogP contribution in [0.5, 0.6) is 17.2 Å². The molecule has 0 spiro atoms. The average molecular weight is 443 g/mol. The van der Waals surface area contributed by atoms with Gasteiger partial charge in [0.2, 0.25) is 5.78 Å².